The molecule has 0 aliphatic carbocycles. The van der Waals surface area contributed by atoms with E-state index in [2.05, 4.69) is 5.32 Å². The Kier molecular flexibility index (Phi) is 5.91. The fourth-order valence-electron chi connectivity index (χ4n) is 2.17. The molecule has 1 amide bonds. The summed E-state index contributed by atoms with van der Waals surface area (Å²) in [6.45, 7) is 5.97. The Balaban J connectivity index is 1.93. The Labute approximate surface area is 146 Å². The molecule has 1 atom stereocenters. The molecule has 2 aromatic rings. The van der Waals surface area contributed by atoms with Crippen LogP contribution in [0.15, 0.2) is 36.4 Å². The van der Waals surface area contributed by atoms with Gasteiger partial charge >= 0.3 is 0 Å². The number of rotatable bonds is 5. The number of carbonyl (C=O) groups is 1. The van der Waals surface area contributed by atoms with Gasteiger partial charge in [-0.05, 0) is 61.7 Å². The third-order valence-corrected chi connectivity index (χ3v) is 4.32. The highest BCUT2D eigenvalue weighted by atomic mass is 35.5. The van der Waals surface area contributed by atoms with Gasteiger partial charge in [0.05, 0.1) is 0 Å². The number of benzene rings is 2. The summed E-state index contributed by atoms with van der Waals surface area (Å²) in [6, 6.07) is 11.0. The van der Waals surface area contributed by atoms with Crippen LogP contribution in [0.25, 0.3) is 0 Å². The molecule has 0 saturated heterocycles. The average Bonchev–Trinajstić information content (AvgIpc) is 2.51. The molecule has 2 rings (SSSR count). The molecule has 0 spiro atoms. The Morgan fingerprint density at radius 1 is 1.13 bits per heavy atom. The highest BCUT2D eigenvalue weighted by Crippen LogP contribution is 2.26. The molecule has 0 radical (unpaired) electrons. The first-order chi connectivity index (χ1) is 10.9. The molecule has 23 heavy (non-hydrogen) atoms. The van der Waals surface area contributed by atoms with Crippen LogP contribution in [0, 0.1) is 13.8 Å². The van der Waals surface area contributed by atoms with Crippen molar-refractivity contribution in [2.24, 2.45) is 0 Å². The fraction of sp³-hybridized carbons (Fsp3) is 0.278. The van der Waals surface area contributed by atoms with Crippen LogP contribution in [0.2, 0.25) is 10.0 Å². The quantitative estimate of drug-likeness (QED) is 0.848. The van der Waals surface area contributed by atoms with Crippen LogP contribution in [0.4, 0.5) is 0 Å². The molecule has 122 valence electrons. The van der Waals surface area contributed by atoms with Gasteiger partial charge in [-0.15, -0.1) is 0 Å². The summed E-state index contributed by atoms with van der Waals surface area (Å²) in [4.78, 5) is 12.1. The fourth-order valence-corrected chi connectivity index (χ4v) is 2.40. The summed E-state index contributed by atoms with van der Waals surface area (Å²) in [5.74, 6) is 0.462. The van der Waals surface area contributed by atoms with Crippen LogP contribution in [0.5, 0.6) is 5.75 Å². The van der Waals surface area contributed by atoms with Crippen molar-refractivity contribution in [2.45, 2.75) is 33.4 Å². The summed E-state index contributed by atoms with van der Waals surface area (Å²) in [5, 5.41) is 4.24. The molecule has 0 bridgehead atoms. The third kappa shape index (κ3) is 4.88. The predicted molar refractivity (Wildman–Crippen MR) is 94.3 cm³/mol. The lowest BCUT2D eigenvalue weighted by Crippen LogP contribution is -2.35. The minimum atomic E-state index is -0.595. The standard InChI is InChI=1S/C18H19Cl2NO2/c1-11-8-16(9-12(2)17(11)20)23-13(3)18(22)21-10-14-4-6-15(19)7-5-14/h4-9,13H,10H2,1-3H3,(H,21,22)/t13-/m1/s1. The molecular weight excluding hydrogens is 333 g/mol. The maximum absolute atomic E-state index is 12.1. The number of hydrogen-bond acceptors (Lipinski definition) is 2. The van der Waals surface area contributed by atoms with Gasteiger partial charge in [-0.2, -0.15) is 0 Å². The van der Waals surface area contributed by atoms with Crippen LogP contribution in [0.1, 0.15) is 23.6 Å². The first-order valence-corrected chi connectivity index (χ1v) is 8.08. The Hall–Kier alpha value is -1.71. The lowest BCUT2D eigenvalue weighted by atomic mass is 10.1. The van der Waals surface area contributed by atoms with Crippen LogP contribution in [-0.2, 0) is 11.3 Å². The van der Waals surface area contributed by atoms with Gasteiger partial charge in [-0.3, -0.25) is 4.79 Å². The first kappa shape index (κ1) is 17.6. The van der Waals surface area contributed by atoms with Gasteiger partial charge in [0.15, 0.2) is 6.10 Å². The number of carbonyl (C=O) groups excluding carboxylic acids is 1. The summed E-state index contributed by atoms with van der Waals surface area (Å²) < 4.78 is 5.71. The molecule has 2 aromatic carbocycles. The van der Waals surface area contributed by atoms with Crippen molar-refractivity contribution in [1.29, 1.82) is 0 Å². The maximum atomic E-state index is 12.1. The van der Waals surface area contributed by atoms with Gasteiger partial charge in [0.2, 0.25) is 0 Å². The second kappa shape index (κ2) is 7.71. The van der Waals surface area contributed by atoms with Crippen molar-refractivity contribution in [1.82, 2.24) is 5.32 Å². The van der Waals surface area contributed by atoms with Gasteiger partial charge < -0.3 is 10.1 Å². The van der Waals surface area contributed by atoms with Gasteiger partial charge in [-0.25, -0.2) is 0 Å². The van der Waals surface area contributed by atoms with Crippen molar-refractivity contribution in [3.8, 4) is 5.75 Å². The molecule has 0 unspecified atom stereocenters. The van der Waals surface area contributed by atoms with E-state index in [1.807, 2.05) is 38.1 Å². The molecular formula is C18H19Cl2NO2. The first-order valence-electron chi connectivity index (χ1n) is 7.32. The van der Waals surface area contributed by atoms with E-state index in [1.54, 1.807) is 19.1 Å². The van der Waals surface area contributed by atoms with Crippen molar-refractivity contribution in [3.05, 3.63) is 63.1 Å². The zero-order chi connectivity index (χ0) is 17.0. The lowest BCUT2D eigenvalue weighted by molar-refractivity contribution is -0.127. The van der Waals surface area contributed by atoms with Crippen molar-refractivity contribution < 1.29 is 9.53 Å². The monoisotopic (exact) mass is 351 g/mol. The zero-order valence-corrected chi connectivity index (χ0v) is 14.8. The van der Waals surface area contributed by atoms with Gasteiger partial charge in [0.1, 0.15) is 5.75 Å². The van der Waals surface area contributed by atoms with Crippen LogP contribution >= 0.6 is 23.2 Å². The molecule has 0 aromatic heterocycles. The number of ether oxygens (including phenoxy) is 1. The van der Waals surface area contributed by atoms with E-state index in [9.17, 15) is 4.79 Å². The zero-order valence-electron chi connectivity index (χ0n) is 13.3. The molecule has 1 N–H and O–H groups in total. The van der Waals surface area contributed by atoms with Gasteiger partial charge in [0, 0.05) is 16.6 Å². The summed E-state index contributed by atoms with van der Waals surface area (Å²) in [5.41, 5.74) is 2.83. The van der Waals surface area contributed by atoms with Crippen molar-refractivity contribution >= 4 is 29.1 Å². The Morgan fingerprint density at radius 2 is 1.70 bits per heavy atom. The second-order valence-electron chi connectivity index (χ2n) is 5.48. The highest BCUT2D eigenvalue weighted by molar-refractivity contribution is 6.32. The second-order valence-corrected chi connectivity index (χ2v) is 6.29. The third-order valence-electron chi connectivity index (χ3n) is 3.47. The van der Waals surface area contributed by atoms with E-state index in [0.29, 0.717) is 17.3 Å². The summed E-state index contributed by atoms with van der Waals surface area (Å²) in [6.07, 6.45) is -0.595. The smallest absolute Gasteiger partial charge is 0.261 e. The van der Waals surface area contributed by atoms with E-state index in [0.717, 1.165) is 21.7 Å². The number of halogens is 2. The van der Waals surface area contributed by atoms with E-state index in [1.165, 1.54) is 0 Å². The van der Waals surface area contributed by atoms with Crippen molar-refractivity contribution in [3.63, 3.8) is 0 Å². The molecule has 0 aliphatic heterocycles. The SMILES string of the molecule is Cc1cc(O[C@H](C)C(=O)NCc2ccc(Cl)cc2)cc(C)c1Cl. The van der Waals surface area contributed by atoms with Gasteiger partial charge in [0.25, 0.3) is 5.91 Å². The average molecular weight is 352 g/mol. The normalized spacial score (nSPS) is 11.9. The van der Waals surface area contributed by atoms with Crippen molar-refractivity contribution in [2.75, 3.05) is 0 Å². The molecule has 0 fully saturated rings. The predicted octanol–water partition coefficient (Wildman–Crippen LogP) is 4.69. The van der Waals surface area contributed by atoms with Crippen LogP contribution in [0.3, 0.4) is 0 Å². The Morgan fingerprint density at radius 3 is 2.26 bits per heavy atom. The largest absolute Gasteiger partial charge is 0.481 e. The topological polar surface area (TPSA) is 38.3 Å². The molecule has 3 nitrogen and oxygen atoms in total. The van der Waals surface area contributed by atoms with E-state index < -0.39 is 6.10 Å². The van der Waals surface area contributed by atoms with Crippen LogP contribution in [-0.4, -0.2) is 12.0 Å². The van der Waals surface area contributed by atoms with Gasteiger partial charge in [-0.1, -0.05) is 35.3 Å². The minimum Gasteiger partial charge on any atom is -0.481 e. The summed E-state index contributed by atoms with van der Waals surface area (Å²) >= 11 is 12.0. The number of amides is 1. The van der Waals surface area contributed by atoms with E-state index in [4.69, 9.17) is 27.9 Å². The maximum Gasteiger partial charge on any atom is 0.261 e. The molecule has 5 heteroatoms. The minimum absolute atomic E-state index is 0.176. The van der Waals surface area contributed by atoms with E-state index in [-0.39, 0.29) is 5.91 Å². The van der Waals surface area contributed by atoms with E-state index >= 15 is 0 Å². The number of nitrogens with one attached hydrogen (secondary N) is 1. The summed E-state index contributed by atoms with van der Waals surface area (Å²) in [7, 11) is 0. The number of aryl methyl sites for hydroxylation is 2. The molecule has 0 saturated carbocycles. The molecule has 0 heterocycles. The van der Waals surface area contributed by atoms with Crippen LogP contribution < -0.4 is 10.1 Å². The number of hydrogen-bond donors (Lipinski definition) is 1. The lowest BCUT2D eigenvalue weighted by Gasteiger charge is -2.16. The highest BCUT2D eigenvalue weighted by Gasteiger charge is 2.15. The molecule has 0 aliphatic rings. The Bertz CT molecular complexity index is 676.